The highest BCUT2D eigenvalue weighted by Gasteiger charge is 2.10. The van der Waals surface area contributed by atoms with Gasteiger partial charge in [-0.05, 0) is 62.1 Å². The van der Waals surface area contributed by atoms with Crippen molar-refractivity contribution >= 4 is 33.8 Å². The molecule has 0 aliphatic carbocycles. The van der Waals surface area contributed by atoms with Crippen LogP contribution >= 0.6 is 11.8 Å². The van der Waals surface area contributed by atoms with Crippen LogP contribution in [-0.4, -0.2) is 20.2 Å². The minimum Gasteiger partial charge on any atom is -0.338 e. The van der Waals surface area contributed by atoms with Crippen molar-refractivity contribution in [3.63, 3.8) is 0 Å². The number of aryl methyl sites for hydroxylation is 4. The smallest absolute Gasteiger partial charge is 0.211 e. The summed E-state index contributed by atoms with van der Waals surface area (Å²) < 4.78 is 0. The van der Waals surface area contributed by atoms with Crippen molar-refractivity contribution in [2.75, 3.05) is 0 Å². The molecule has 0 atom stereocenters. The van der Waals surface area contributed by atoms with Gasteiger partial charge in [-0.3, -0.25) is 0 Å². The van der Waals surface area contributed by atoms with Crippen LogP contribution in [0.25, 0.3) is 22.1 Å². The first kappa shape index (κ1) is 16.1. The molecule has 126 valence electrons. The number of aromatic amines is 1. The van der Waals surface area contributed by atoms with Gasteiger partial charge in [0.15, 0.2) is 5.65 Å². The zero-order valence-electron chi connectivity index (χ0n) is 14.8. The van der Waals surface area contributed by atoms with Crippen LogP contribution in [0.15, 0.2) is 35.5 Å². The molecular formula is C20H20N4S. The number of nitrogens with one attached hydrogen (secondary N) is 1. The second-order valence-corrected chi connectivity index (χ2v) is 7.56. The molecule has 4 rings (SSSR count). The molecule has 0 spiro atoms. The van der Waals surface area contributed by atoms with Gasteiger partial charge in [-0.2, -0.15) is 0 Å². The van der Waals surface area contributed by atoms with Crippen molar-refractivity contribution in [2.45, 2.75) is 38.6 Å². The van der Waals surface area contributed by atoms with Gasteiger partial charge in [0.05, 0.1) is 0 Å². The number of hydrogen-bond acceptors (Lipinski definition) is 4. The van der Waals surface area contributed by atoms with Gasteiger partial charge in [-0.1, -0.05) is 35.5 Å². The van der Waals surface area contributed by atoms with Gasteiger partial charge in [0.25, 0.3) is 0 Å². The Hall–Kier alpha value is -2.40. The summed E-state index contributed by atoms with van der Waals surface area (Å²) in [7, 11) is 0. The summed E-state index contributed by atoms with van der Waals surface area (Å²) in [6.07, 6.45) is 0. The molecule has 4 aromatic rings. The fraction of sp³-hybridized carbons (Fsp3) is 0.250. The summed E-state index contributed by atoms with van der Waals surface area (Å²) in [6.45, 7) is 8.54. The molecule has 0 aliphatic rings. The van der Waals surface area contributed by atoms with Gasteiger partial charge in [-0.15, -0.1) is 10.2 Å². The van der Waals surface area contributed by atoms with Crippen LogP contribution in [-0.2, 0) is 5.75 Å². The molecule has 0 bridgehead atoms. The fourth-order valence-corrected chi connectivity index (χ4v) is 3.90. The Morgan fingerprint density at radius 2 is 1.72 bits per heavy atom. The minimum absolute atomic E-state index is 0.702. The SMILES string of the molecule is Cc1ccc2[nH]c3nc(SCc4cc(C)c(C)cc4C)nnc3c2c1. The minimum atomic E-state index is 0.702. The maximum atomic E-state index is 4.66. The van der Waals surface area contributed by atoms with Gasteiger partial charge >= 0.3 is 0 Å². The van der Waals surface area contributed by atoms with Crippen molar-refractivity contribution in [3.05, 3.63) is 58.1 Å². The maximum absolute atomic E-state index is 4.66. The highest BCUT2D eigenvalue weighted by atomic mass is 32.2. The van der Waals surface area contributed by atoms with Crippen molar-refractivity contribution < 1.29 is 0 Å². The Bertz CT molecular complexity index is 1100. The van der Waals surface area contributed by atoms with Crippen LogP contribution in [0.4, 0.5) is 0 Å². The molecule has 0 saturated carbocycles. The Kier molecular flexibility index (Phi) is 3.96. The third kappa shape index (κ3) is 3.00. The number of thioether (sulfide) groups is 1. The van der Waals surface area contributed by atoms with E-state index in [1.165, 1.54) is 27.8 Å². The van der Waals surface area contributed by atoms with Gasteiger partial charge in [0.2, 0.25) is 5.16 Å². The summed E-state index contributed by atoms with van der Waals surface area (Å²) in [5.74, 6) is 0.847. The molecule has 5 heteroatoms. The molecule has 4 nitrogen and oxygen atoms in total. The van der Waals surface area contributed by atoms with Gasteiger partial charge in [0.1, 0.15) is 5.52 Å². The van der Waals surface area contributed by atoms with E-state index in [0.29, 0.717) is 5.16 Å². The first-order valence-corrected chi connectivity index (χ1v) is 9.32. The number of rotatable bonds is 3. The van der Waals surface area contributed by atoms with Crippen LogP contribution in [0.5, 0.6) is 0 Å². The first-order valence-electron chi connectivity index (χ1n) is 8.33. The average Bonchev–Trinajstić information content (AvgIpc) is 2.94. The van der Waals surface area contributed by atoms with E-state index in [-0.39, 0.29) is 0 Å². The fourth-order valence-electron chi connectivity index (χ4n) is 3.05. The summed E-state index contributed by atoms with van der Waals surface area (Å²) in [6, 6.07) is 10.8. The van der Waals surface area contributed by atoms with E-state index < -0.39 is 0 Å². The zero-order chi connectivity index (χ0) is 17.6. The quantitative estimate of drug-likeness (QED) is 0.527. The van der Waals surface area contributed by atoms with Crippen molar-refractivity contribution in [1.29, 1.82) is 0 Å². The molecular weight excluding hydrogens is 328 g/mol. The van der Waals surface area contributed by atoms with Crippen molar-refractivity contribution in [1.82, 2.24) is 20.2 Å². The third-order valence-electron chi connectivity index (χ3n) is 4.66. The molecule has 0 saturated heterocycles. The first-order chi connectivity index (χ1) is 12.0. The van der Waals surface area contributed by atoms with E-state index in [2.05, 4.69) is 78.2 Å². The predicted molar refractivity (Wildman–Crippen MR) is 104 cm³/mol. The second-order valence-electron chi connectivity index (χ2n) is 6.62. The Morgan fingerprint density at radius 3 is 2.56 bits per heavy atom. The van der Waals surface area contributed by atoms with E-state index in [9.17, 15) is 0 Å². The number of H-pyrrole nitrogens is 1. The molecule has 0 unspecified atom stereocenters. The summed E-state index contributed by atoms with van der Waals surface area (Å²) in [5.41, 5.74) is 9.18. The lowest BCUT2D eigenvalue weighted by molar-refractivity contribution is 0.878. The van der Waals surface area contributed by atoms with Crippen molar-refractivity contribution in [2.24, 2.45) is 0 Å². The van der Waals surface area contributed by atoms with Crippen LogP contribution in [0.2, 0.25) is 0 Å². The predicted octanol–water partition coefficient (Wildman–Crippen LogP) is 5.03. The highest BCUT2D eigenvalue weighted by molar-refractivity contribution is 7.98. The molecule has 2 aromatic heterocycles. The Morgan fingerprint density at radius 1 is 0.920 bits per heavy atom. The number of hydrogen-bond donors (Lipinski definition) is 1. The molecule has 2 aromatic carbocycles. The van der Waals surface area contributed by atoms with E-state index >= 15 is 0 Å². The molecule has 0 radical (unpaired) electrons. The molecule has 2 heterocycles. The monoisotopic (exact) mass is 348 g/mol. The van der Waals surface area contributed by atoms with Crippen LogP contribution in [0.1, 0.15) is 27.8 Å². The number of aromatic nitrogens is 4. The molecule has 25 heavy (non-hydrogen) atoms. The lowest BCUT2D eigenvalue weighted by Gasteiger charge is -2.09. The van der Waals surface area contributed by atoms with Crippen LogP contribution in [0, 0.1) is 27.7 Å². The largest absolute Gasteiger partial charge is 0.338 e. The molecule has 0 fully saturated rings. The molecule has 1 N–H and O–H groups in total. The van der Waals surface area contributed by atoms with E-state index in [1.54, 1.807) is 11.8 Å². The Balaban J connectivity index is 1.64. The lowest BCUT2D eigenvalue weighted by Crippen LogP contribution is -1.94. The maximum Gasteiger partial charge on any atom is 0.211 e. The summed E-state index contributed by atoms with van der Waals surface area (Å²) in [4.78, 5) is 8.01. The standard InChI is InChI=1S/C20H20N4S/c1-11-5-6-17-16(7-11)18-19(21-17)22-20(24-23-18)25-10-15-9-13(3)12(2)8-14(15)4/h5-9H,10H2,1-4H3,(H,21,22,24). The van der Waals surface area contributed by atoms with Crippen LogP contribution < -0.4 is 0 Å². The van der Waals surface area contributed by atoms with E-state index in [1.807, 2.05) is 0 Å². The average molecular weight is 348 g/mol. The van der Waals surface area contributed by atoms with E-state index in [4.69, 9.17) is 0 Å². The van der Waals surface area contributed by atoms with Crippen LogP contribution in [0.3, 0.4) is 0 Å². The number of fused-ring (bicyclic) bond motifs is 3. The summed E-state index contributed by atoms with van der Waals surface area (Å²) >= 11 is 1.63. The third-order valence-corrected chi connectivity index (χ3v) is 5.55. The Labute approximate surface area is 151 Å². The van der Waals surface area contributed by atoms with Gasteiger partial charge in [-0.25, -0.2) is 4.98 Å². The topological polar surface area (TPSA) is 54.5 Å². The summed E-state index contributed by atoms with van der Waals surface area (Å²) in [5, 5.41) is 10.5. The zero-order valence-corrected chi connectivity index (χ0v) is 15.7. The second kappa shape index (κ2) is 6.15. The normalized spacial score (nSPS) is 11.5. The van der Waals surface area contributed by atoms with Gasteiger partial charge < -0.3 is 4.98 Å². The van der Waals surface area contributed by atoms with Crippen molar-refractivity contribution in [3.8, 4) is 0 Å². The van der Waals surface area contributed by atoms with Gasteiger partial charge in [0, 0.05) is 16.7 Å². The molecule has 0 aliphatic heterocycles. The number of nitrogens with zero attached hydrogens (tertiary/aromatic N) is 3. The lowest BCUT2D eigenvalue weighted by atomic mass is 10.0. The van der Waals surface area contributed by atoms with E-state index in [0.717, 1.165) is 27.8 Å². The molecule has 0 amide bonds. The highest BCUT2D eigenvalue weighted by Crippen LogP contribution is 2.27. The number of benzene rings is 2.